The van der Waals surface area contributed by atoms with Crippen molar-refractivity contribution < 1.29 is 14.3 Å². The zero-order valence-corrected chi connectivity index (χ0v) is 10.5. The van der Waals surface area contributed by atoms with E-state index in [1.165, 1.54) is 12.8 Å². The fourth-order valence-corrected chi connectivity index (χ4v) is 1.49. The van der Waals surface area contributed by atoms with Gasteiger partial charge >= 0.3 is 0 Å². The van der Waals surface area contributed by atoms with Gasteiger partial charge in [-0.3, -0.25) is 4.79 Å². The topological polar surface area (TPSA) is 60.5 Å². The molecule has 1 amide bonds. The summed E-state index contributed by atoms with van der Waals surface area (Å²) in [6.07, 6.45) is 4.16. The summed E-state index contributed by atoms with van der Waals surface area (Å²) >= 11 is 0. The van der Waals surface area contributed by atoms with Gasteiger partial charge < -0.3 is 14.8 Å². The molecule has 98 valence electrons. The average Bonchev–Trinajstić information content (AvgIpc) is 3.21. The van der Waals surface area contributed by atoms with Crippen molar-refractivity contribution >= 4 is 5.91 Å². The molecule has 0 bridgehead atoms. The Hall–Kier alpha value is -1.62. The Morgan fingerprint density at radius 3 is 2.94 bits per heavy atom. The maximum Gasteiger partial charge on any atom is 0.246 e. The Kier molecular flexibility index (Phi) is 4.52. The second-order valence-electron chi connectivity index (χ2n) is 4.44. The molecule has 0 spiro atoms. The minimum absolute atomic E-state index is 0.0912. The highest BCUT2D eigenvalue weighted by Gasteiger charge is 2.21. The SMILES string of the molecule is COc1ccc(CNC(=O)COCC2CC2)cn1. The minimum Gasteiger partial charge on any atom is -0.481 e. The number of pyridine rings is 1. The number of nitrogens with zero attached hydrogens (tertiary/aromatic N) is 1. The van der Waals surface area contributed by atoms with Crippen LogP contribution in [0.15, 0.2) is 18.3 Å². The van der Waals surface area contributed by atoms with Crippen LogP contribution in [0.3, 0.4) is 0 Å². The number of rotatable bonds is 7. The maximum atomic E-state index is 11.5. The molecule has 1 aromatic rings. The third kappa shape index (κ3) is 4.33. The van der Waals surface area contributed by atoms with Gasteiger partial charge in [-0.2, -0.15) is 0 Å². The van der Waals surface area contributed by atoms with Crippen molar-refractivity contribution in [1.29, 1.82) is 0 Å². The normalized spacial score (nSPS) is 14.3. The average molecular weight is 250 g/mol. The Morgan fingerprint density at radius 1 is 1.50 bits per heavy atom. The van der Waals surface area contributed by atoms with Crippen molar-refractivity contribution in [2.75, 3.05) is 20.3 Å². The first kappa shape index (κ1) is 12.8. The summed E-state index contributed by atoms with van der Waals surface area (Å²) in [5.74, 6) is 1.16. The number of carbonyl (C=O) groups is 1. The van der Waals surface area contributed by atoms with Gasteiger partial charge in [0.05, 0.1) is 13.7 Å². The summed E-state index contributed by atoms with van der Waals surface area (Å²) in [6, 6.07) is 3.64. The van der Waals surface area contributed by atoms with Crippen molar-refractivity contribution in [3.8, 4) is 5.88 Å². The van der Waals surface area contributed by atoms with Gasteiger partial charge in [-0.25, -0.2) is 4.98 Å². The van der Waals surface area contributed by atoms with Gasteiger partial charge in [-0.15, -0.1) is 0 Å². The number of hydrogen-bond acceptors (Lipinski definition) is 4. The monoisotopic (exact) mass is 250 g/mol. The first-order valence-corrected chi connectivity index (χ1v) is 6.11. The first-order chi connectivity index (χ1) is 8.78. The van der Waals surface area contributed by atoms with E-state index in [4.69, 9.17) is 9.47 Å². The van der Waals surface area contributed by atoms with Crippen molar-refractivity contribution in [1.82, 2.24) is 10.3 Å². The molecular formula is C13H18N2O3. The highest BCUT2D eigenvalue weighted by atomic mass is 16.5. The summed E-state index contributed by atoms with van der Waals surface area (Å²) < 4.78 is 10.3. The van der Waals surface area contributed by atoms with E-state index >= 15 is 0 Å². The molecular weight excluding hydrogens is 232 g/mol. The maximum absolute atomic E-state index is 11.5. The Balaban J connectivity index is 1.64. The molecule has 1 saturated carbocycles. The molecule has 18 heavy (non-hydrogen) atoms. The number of aromatic nitrogens is 1. The molecule has 1 heterocycles. The second kappa shape index (κ2) is 6.35. The number of amides is 1. The zero-order valence-electron chi connectivity index (χ0n) is 10.5. The fourth-order valence-electron chi connectivity index (χ4n) is 1.49. The quantitative estimate of drug-likeness (QED) is 0.788. The molecule has 0 radical (unpaired) electrons. The highest BCUT2D eigenvalue weighted by molar-refractivity contribution is 5.77. The van der Waals surface area contributed by atoms with Crippen LogP contribution in [0.4, 0.5) is 0 Å². The van der Waals surface area contributed by atoms with Crippen LogP contribution in [0.1, 0.15) is 18.4 Å². The van der Waals surface area contributed by atoms with E-state index in [-0.39, 0.29) is 12.5 Å². The van der Waals surface area contributed by atoms with E-state index in [9.17, 15) is 4.79 Å². The third-order valence-corrected chi connectivity index (χ3v) is 2.78. The summed E-state index contributed by atoms with van der Waals surface area (Å²) in [7, 11) is 1.57. The zero-order chi connectivity index (χ0) is 12.8. The molecule has 1 aliphatic carbocycles. The molecule has 1 aliphatic rings. The summed E-state index contributed by atoms with van der Waals surface area (Å²) in [5.41, 5.74) is 0.936. The lowest BCUT2D eigenvalue weighted by Gasteiger charge is -2.06. The van der Waals surface area contributed by atoms with E-state index in [0.717, 1.165) is 5.56 Å². The first-order valence-electron chi connectivity index (χ1n) is 6.11. The smallest absolute Gasteiger partial charge is 0.246 e. The van der Waals surface area contributed by atoms with Crippen LogP contribution in [0.2, 0.25) is 0 Å². The van der Waals surface area contributed by atoms with Crippen LogP contribution in [-0.4, -0.2) is 31.2 Å². The fraction of sp³-hybridized carbons (Fsp3) is 0.538. The van der Waals surface area contributed by atoms with Gasteiger partial charge in [0, 0.05) is 18.8 Å². The highest BCUT2D eigenvalue weighted by Crippen LogP contribution is 2.28. The predicted octanol–water partition coefficient (Wildman–Crippen LogP) is 1.13. The van der Waals surface area contributed by atoms with E-state index in [0.29, 0.717) is 24.9 Å². The molecule has 1 aromatic heterocycles. The molecule has 0 aliphatic heterocycles. The van der Waals surface area contributed by atoms with Gasteiger partial charge in [-0.05, 0) is 24.3 Å². The molecule has 0 aromatic carbocycles. The number of ether oxygens (including phenoxy) is 2. The van der Waals surface area contributed by atoms with Crippen LogP contribution in [0.25, 0.3) is 0 Å². The Bertz CT molecular complexity index is 388. The van der Waals surface area contributed by atoms with E-state index < -0.39 is 0 Å². The van der Waals surface area contributed by atoms with E-state index in [2.05, 4.69) is 10.3 Å². The lowest BCUT2D eigenvalue weighted by Crippen LogP contribution is -2.27. The van der Waals surface area contributed by atoms with Gasteiger partial charge in [0.15, 0.2) is 0 Å². The van der Waals surface area contributed by atoms with Crippen LogP contribution in [-0.2, 0) is 16.1 Å². The minimum atomic E-state index is -0.0912. The van der Waals surface area contributed by atoms with E-state index in [1.54, 1.807) is 19.4 Å². The van der Waals surface area contributed by atoms with Gasteiger partial charge in [-0.1, -0.05) is 6.07 Å². The number of carbonyl (C=O) groups excluding carboxylic acids is 1. The van der Waals surface area contributed by atoms with Crippen LogP contribution in [0, 0.1) is 5.92 Å². The number of hydrogen-bond donors (Lipinski definition) is 1. The summed E-state index contributed by atoms with van der Waals surface area (Å²) in [4.78, 5) is 15.5. The molecule has 1 fully saturated rings. The lowest BCUT2D eigenvalue weighted by atomic mass is 10.3. The van der Waals surface area contributed by atoms with Gasteiger partial charge in [0.2, 0.25) is 11.8 Å². The molecule has 1 N–H and O–H groups in total. The Labute approximate surface area is 107 Å². The van der Waals surface area contributed by atoms with Crippen molar-refractivity contribution in [2.45, 2.75) is 19.4 Å². The predicted molar refractivity (Wildman–Crippen MR) is 66.2 cm³/mol. The molecule has 2 rings (SSSR count). The third-order valence-electron chi connectivity index (χ3n) is 2.78. The molecule has 0 atom stereocenters. The largest absolute Gasteiger partial charge is 0.481 e. The molecule has 0 saturated heterocycles. The second-order valence-corrected chi connectivity index (χ2v) is 4.44. The van der Waals surface area contributed by atoms with Crippen LogP contribution >= 0.6 is 0 Å². The molecule has 5 heteroatoms. The number of methoxy groups -OCH3 is 1. The van der Waals surface area contributed by atoms with Gasteiger partial charge in [0.25, 0.3) is 0 Å². The summed E-state index contributed by atoms with van der Waals surface area (Å²) in [5, 5.41) is 2.79. The van der Waals surface area contributed by atoms with Crippen LogP contribution in [0.5, 0.6) is 5.88 Å². The van der Waals surface area contributed by atoms with E-state index in [1.807, 2.05) is 6.07 Å². The van der Waals surface area contributed by atoms with Gasteiger partial charge in [0.1, 0.15) is 6.61 Å². The Morgan fingerprint density at radius 2 is 2.33 bits per heavy atom. The summed E-state index contributed by atoms with van der Waals surface area (Å²) in [6.45, 7) is 1.31. The molecule has 5 nitrogen and oxygen atoms in total. The standard InChI is InChI=1S/C13H18N2O3/c1-17-13-5-4-11(7-15-13)6-14-12(16)9-18-8-10-2-3-10/h4-5,7,10H,2-3,6,8-9H2,1H3,(H,14,16). The van der Waals surface area contributed by atoms with Crippen molar-refractivity contribution in [2.24, 2.45) is 5.92 Å². The van der Waals surface area contributed by atoms with Crippen molar-refractivity contribution in [3.05, 3.63) is 23.9 Å². The van der Waals surface area contributed by atoms with Crippen LogP contribution < -0.4 is 10.1 Å². The van der Waals surface area contributed by atoms with Crippen molar-refractivity contribution in [3.63, 3.8) is 0 Å². The molecule has 0 unspecified atom stereocenters. The number of nitrogens with one attached hydrogen (secondary N) is 1. The lowest BCUT2D eigenvalue weighted by molar-refractivity contribution is -0.126.